The summed E-state index contributed by atoms with van der Waals surface area (Å²) in [5.74, 6) is 5.51. The molecule has 33 heavy (non-hydrogen) atoms. The van der Waals surface area contributed by atoms with E-state index in [0.717, 1.165) is 28.0 Å². The van der Waals surface area contributed by atoms with Gasteiger partial charge >= 0.3 is 0 Å². The molecule has 0 aromatic heterocycles. The fourth-order valence-corrected chi connectivity index (χ4v) is 1.94. The number of allylic oxidation sites excluding steroid dienone is 1. The van der Waals surface area contributed by atoms with Gasteiger partial charge in [0, 0.05) is 23.4 Å². The molecule has 2 rings (SSSR count). The smallest absolute Gasteiger partial charge is 0.248 e. The Morgan fingerprint density at radius 3 is 1.73 bits per heavy atom. The Bertz CT molecular complexity index is 845. The van der Waals surface area contributed by atoms with E-state index in [1.807, 2.05) is 83.1 Å². The second-order valence-electron chi connectivity index (χ2n) is 6.01. The number of nitrogens with zero attached hydrogens (tertiary/aromatic N) is 1. The zero-order valence-electron chi connectivity index (χ0n) is 21.1. The van der Waals surface area contributed by atoms with Crippen molar-refractivity contribution in [2.24, 2.45) is 10.9 Å². The molecule has 0 bridgehead atoms. The van der Waals surface area contributed by atoms with E-state index in [4.69, 9.17) is 10.9 Å². The average Bonchev–Trinajstić information content (AvgIpc) is 2.87. The molecule has 0 fully saturated rings. The lowest BCUT2D eigenvalue weighted by Crippen LogP contribution is -2.27. The first-order chi connectivity index (χ1) is 15.9. The first-order valence-electron chi connectivity index (χ1n) is 10.9. The van der Waals surface area contributed by atoms with Crippen molar-refractivity contribution in [3.05, 3.63) is 85.0 Å². The molecule has 5 heteroatoms. The van der Waals surface area contributed by atoms with Gasteiger partial charge in [-0.15, -0.1) is 13.2 Å². The topological polar surface area (TPSA) is 87.7 Å². The van der Waals surface area contributed by atoms with Crippen molar-refractivity contribution in [1.29, 1.82) is 0 Å². The van der Waals surface area contributed by atoms with E-state index in [1.54, 1.807) is 6.92 Å². The van der Waals surface area contributed by atoms with Crippen LogP contribution in [0.15, 0.2) is 73.3 Å². The van der Waals surface area contributed by atoms with Gasteiger partial charge in [-0.2, -0.15) is 0 Å². The van der Waals surface area contributed by atoms with E-state index in [-0.39, 0.29) is 5.92 Å². The minimum absolute atomic E-state index is 0.299. The van der Waals surface area contributed by atoms with E-state index in [1.165, 1.54) is 5.48 Å². The molecule has 0 aliphatic heterocycles. The van der Waals surface area contributed by atoms with Crippen LogP contribution in [0, 0.1) is 17.8 Å². The third-order valence-corrected chi connectivity index (χ3v) is 3.60. The van der Waals surface area contributed by atoms with Gasteiger partial charge in [-0.3, -0.25) is 10.0 Å². The number of anilines is 1. The van der Waals surface area contributed by atoms with E-state index >= 15 is 0 Å². The number of nitrogen functional groups attached to an aromatic ring is 1. The van der Waals surface area contributed by atoms with Crippen LogP contribution in [0.25, 0.3) is 5.57 Å². The van der Waals surface area contributed by atoms with E-state index < -0.39 is 5.91 Å². The zero-order chi connectivity index (χ0) is 26.2. The third-order valence-electron chi connectivity index (χ3n) is 3.60. The molecule has 180 valence electrons. The quantitative estimate of drug-likeness (QED) is 0.126. The fraction of sp³-hybridized carbons (Fsp3) is 0.286. The van der Waals surface area contributed by atoms with Crippen LogP contribution in [0.1, 0.15) is 58.2 Å². The maximum absolute atomic E-state index is 10.5. The normalized spacial score (nSPS) is 8.94. The highest BCUT2D eigenvalue weighted by Gasteiger charge is 2.08. The van der Waals surface area contributed by atoms with Gasteiger partial charge in [-0.05, 0) is 55.6 Å². The molecule has 0 saturated heterocycles. The van der Waals surface area contributed by atoms with Gasteiger partial charge in [-0.1, -0.05) is 70.7 Å². The Hall–Kier alpha value is -3.62. The van der Waals surface area contributed by atoms with Crippen LogP contribution in [-0.2, 0) is 4.79 Å². The van der Waals surface area contributed by atoms with Crippen molar-refractivity contribution in [2.45, 2.75) is 41.5 Å². The van der Waals surface area contributed by atoms with Gasteiger partial charge in [-0.25, -0.2) is 5.48 Å². The summed E-state index contributed by atoms with van der Waals surface area (Å²) in [5, 5.41) is 8.07. The summed E-state index contributed by atoms with van der Waals surface area (Å²) in [6.07, 6.45) is 0. The molecule has 5 nitrogen and oxygen atoms in total. The SMILES string of the molecule is C=C.C=C(C)c1ccc(C#Cc2ccc(N)cc2)cc1.C=NCC(C)C(=O)NO.CC.CC. The summed E-state index contributed by atoms with van der Waals surface area (Å²) in [7, 11) is 0. The first kappa shape index (κ1) is 34.0. The Kier molecular flexibility index (Phi) is 23.8. The minimum Gasteiger partial charge on any atom is -0.399 e. The van der Waals surface area contributed by atoms with E-state index in [9.17, 15) is 4.79 Å². The van der Waals surface area contributed by atoms with Crippen molar-refractivity contribution in [2.75, 3.05) is 12.3 Å². The summed E-state index contributed by atoms with van der Waals surface area (Å²) in [5.41, 5.74) is 12.1. The lowest BCUT2D eigenvalue weighted by Gasteiger charge is -2.02. The maximum Gasteiger partial charge on any atom is 0.248 e. The number of aliphatic imine (C=N–C) groups is 1. The lowest BCUT2D eigenvalue weighted by molar-refractivity contribution is -0.132. The molecule has 2 aromatic carbocycles. The Morgan fingerprint density at radius 1 is 1.00 bits per heavy atom. The number of hydrogen-bond acceptors (Lipinski definition) is 4. The highest BCUT2D eigenvalue weighted by molar-refractivity contribution is 5.77. The third kappa shape index (κ3) is 16.7. The number of rotatable bonds is 4. The Labute approximate surface area is 201 Å². The van der Waals surface area contributed by atoms with Crippen LogP contribution in [0.5, 0.6) is 0 Å². The summed E-state index contributed by atoms with van der Waals surface area (Å²) in [6.45, 7) is 25.1. The molecule has 1 amide bonds. The predicted molar refractivity (Wildman–Crippen MR) is 145 cm³/mol. The molecule has 0 aliphatic carbocycles. The number of carbonyl (C=O) groups excluding carboxylic acids is 1. The van der Waals surface area contributed by atoms with Gasteiger partial charge in [0.05, 0.1) is 5.92 Å². The first-order valence-corrected chi connectivity index (χ1v) is 10.9. The van der Waals surface area contributed by atoms with Crippen LogP contribution in [0.4, 0.5) is 5.69 Å². The summed E-state index contributed by atoms with van der Waals surface area (Å²) in [4.78, 5) is 13.9. The second-order valence-corrected chi connectivity index (χ2v) is 6.01. The number of hydrogen-bond donors (Lipinski definition) is 3. The molecular formula is C28H41N3O2. The molecule has 0 aliphatic rings. The monoisotopic (exact) mass is 451 g/mol. The largest absolute Gasteiger partial charge is 0.399 e. The van der Waals surface area contributed by atoms with Crippen LogP contribution < -0.4 is 11.2 Å². The highest BCUT2D eigenvalue weighted by atomic mass is 16.5. The number of nitrogens with one attached hydrogen (secondary N) is 1. The second kappa shape index (κ2) is 23.1. The number of hydroxylamine groups is 1. The Morgan fingerprint density at radius 2 is 1.39 bits per heavy atom. The summed E-state index contributed by atoms with van der Waals surface area (Å²) < 4.78 is 0. The molecule has 0 saturated carbocycles. The van der Waals surface area contributed by atoms with E-state index in [2.05, 4.69) is 43.3 Å². The molecule has 4 N–H and O–H groups in total. The maximum atomic E-state index is 10.5. The molecule has 0 radical (unpaired) electrons. The molecule has 0 heterocycles. The molecule has 2 aromatic rings. The van der Waals surface area contributed by atoms with Gasteiger partial charge < -0.3 is 10.7 Å². The van der Waals surface area contributed by atoms with Crippen LogP contribution in [-0.4, -0.2) is 24.4 Å². The summed E-state index contributed by atoms with van der Waals surface area (Å²) in [6, 6.07) is 15.6. The summed E-state index contributed by atoms with van der Waals surface area (Å²) >= 11 is 0. The van der Waals surface area contributed by atoms with Crippen LogP contribution in [0.2, 0.25) is 0 Å². The molecule has 0 spiro atoms. The number of nitrogens with two attached hydrogens (primary N) is 1. The number of amides is 1. The fourth-order valence-electron chi connectivity index (χ4n) is 1.94. The molecule has 1 unspecified atom stereocenters. The number of benzene rings is 2. The van der Waals surface area contributed by atoms with Crippen molar-refractivity contribution in [3.8, 4) is 11.8 Å². The van der Waals surface area contributed by atoms with Gasteiger partial charge in [0.15, 0.2) is 0 Å². The molecule has 1 atom stereocenters. The van der Waals surface area contributed by atoms with Crippen molar-refractivity contribution in [1.82, 2.24) is 5.48 Å². The van der Waals surface area contributed by atoms with Gasteiger partial charge in [0.25, 0.3) is 0 Å². The van der Waals surface area contributed by atoms with Crippen molar-refractivity contribution in [3.63, 3.8) is 0 Å². The Balaban J connectivity index is -0.000000509. The van der Waals surface area contributed by atoms with Gasteiger partial charge in [0.2, 0.25) is 5.91 Å². The van der Waals surface area contributed by atoms with Crippen LogP contribution >= 0.6 is 0 Å². The predicted octanol–water partition coefficient (Wildman–Crippen LogP) is 6.38. The lowest BCUT2D eigenvalue weighted by atomic mass is 10.1. The highest BCUT2D eigenvalue weighted by Crippen LogP contribution is 2.12. The minimum atomic E-state index is -0.428. The standard InChI is InChI=1S/C17H15N.C5H10N2O2.2C2H6.C2H4/c1-13(2)16-9-5-14(6-10-16)3-4-15-7-11-17(18)12-8-15;1-4(3-6-2)5(8)7-9;3*1-2/h5-12H,1,18H2,2H3;4,9H,2-3H2,1H3,(H,7,8);2*1-2H3;1-2H2. The van der Waals surface area contributed by atoms with Gasteiger partial charge in [0.1, 0.15) is 0 Å². The van der Waals surface area contributed by atoms with Crippen molar-refractivity contribution < 1.29 is 10.0 Å². The number of carbonyl (C=O) groups is 1. The zero-order valence-corrected chi connectivity index (χ0v) is 21.1. The average molecular weight is 452 g/mol. The van der Waals surface area contributed by atoms with Crippen LogP contribution in [0.3, 0.4) is 0 Å². The van der Waals surface area contributed by atoms with E-state index in [0.29, 0.717) is 6.54 Å². The molecular weight excluding hydrogens is 410 g/mol. The van der Waals surface area contributed by atoms with Crippen molar-refractivity contribution >= 4 is 23.9 Å².